The van der Waals surface area contributed by atoms with E-state index in [1.54, 1.807) is 11.0 Å². The summed E-state index contributed by atoms with van der Waals surface area (Å²) in [5.74, 6) is -1.82. The number of amides is 1. The molecule has 1 amide bonds. The number of aromatic nitrogens is 1. The first kappa shape index (κ1) is 30.0. The van der Waals surface area contributed by atoms with Gasteiger partial charge in [0.25, 0.3) is 0 Å². The van der Waals surface area contributed by atoms with Gasteiger partial charge in [0.1, 0.15) is 11.4 Å². The van der Waals surface area contributed by atoms with Crippen molar-refractivity contribution in [1.29, 1.82) is 0 Å². The zero-order chi connectivity index (χ0) is 31.0. The number of fused-ring (bicyclic) bond motifs is 1. The van der Waals surface area contributed by atoms with E-state index in [-0.39, 0.29) is 17.0 Å². The van der Waals surface area contributed by atoms with Crippen LogP contribution in [0, 0.1) is 5.82 Å². The number of carboxylic acids is 1. The second-order valence-electron chi connectivity index (χ2n) is 11.4. The Morgan fingerprint density at radius 1 is 1.18 bits per heavy atom. The van der Waals surface area contributed by atoms with E-state index in [2.05, 4.69) is 10.2 Å². The number of aromatic carboxylic acids is 1. The lowest BCUT2D eigenvalue weighted by Gasteiger charge is -2.36. The standard InChI is InChI=1S/C31H34FN5O6S/c1-42-29(33-18-44)27-17-37(31(41)43-27)21-4-2-19(3-5-21)8-9-34-10-12-35(13-11-34)26-15-25-22(14-24(26)32)28(38)23(30(39)40)16-36(25)20-6-7-20/h2-5,14-16,18,20,27,29H,6-13,17H2,1H3,(H,33,44)(H,39,40)/t27-,29?/m0/s1. The lowest BCUT2D eigenvalue weighted by Crippen LogP contribution is -2.47. The molecular weight excluding hydrogens is 589 g/mol. The average molecular weight is 624 g/mol. The first-order chi connectivity index (χ1) is 21.3. The molecule has 2 aromatic carbocycles. The predicted molar refractivity (Wildman–Crippen MR) is 167 cm³/mol. The molecule has 3 aliphatic rings. The normalized spacial score (nSPS) is 19.7. The highest BCUT2D eigenvalue weighted by atomic mass is 32.1. The fourth-order valence-corrected chi connectivity index (χ4v) is 6.13. The van der Waals surface area contributed by atoms with Gasteiger partial charge >= 0.3 is 12.1 Å². The maximum atomic E-state index is 15.3. The first-order valence-corrected chi connectivity index (χ1v) is 15.1. The number of carbonyl (C=O) groups excluding carboxylic acids is 1. The van der Waals surface area contributed by atoms with Crippen LogP contribution < -0.4 is 20.5 Å². The van der Waals surface area contributed by atoms with E-state index in [0.29, 0.717) is 30.8 Å². The van der Waals surface area contributed by atoms with Crippen LogP contribution in [-0.2, 0) is 15.9 Å². The SMILES string of the molecule is COC(NC=S)[C@@H]1CN(c2ccc(CCN3CCN(c4cc5c(cc4F)c(=O)c(C(=O)O)cn5C4CC4)CC3)cc2)C(=O)O1. The van der Waals surface area contributed by atoms with Crippen molar-refractivity contribution in [3.63, 3.8) is 0 Å². The molecule has 3 aromatic rings. The van der Waals surface area contributed by atoms with Crippen LogP contribution in [0.15, 0.2) is 47.4 Å². The molecule has 2 atom stereocenters. The smallest absolute Gasteiger partial charge is 0.414 e. The number of pyridine rings is 1. The third-order valence-electron chi connectivity index (χ3n) is 8.61. The number of halogens is 1. The Labute approximate surface area is 258 Å². The number of thiocarbonyl (C=S) groups is 1. The van der Waals surface area contributed by atoms with Gasteiger partial charge in [-0.15, -0.1) is 0 Å². The fraction of sp³-hybridized carbons (Fsp3) is 0.419. The number of hydrogen-bond acceptors (Lipinski definition) is 8. The van der Waals surface area contributed by atoms with Gasteiger partial charge in [0, 0.05) is 63.1 Å². The van der Waals surface area contributed by atoms with Gasteiger partial charge in [-0.25, -0.2) is 14.0 Å². The van der Waals surface area contributed by atoms with E-state index in [1.807, 2.05) is 33.7 Å². The lowest BCUT2D eigenvalue weighted by molar-refractivity contribution is -0.00575. The number of nitrogens with zero attached hydrogens (tertiary/aromatic N) is 4. The second-order valence-corrected chi connectivity index (χ2v) is 11.6. The molecule has 1 saturated carbocycles. The van der Waals surface area contributed by atoms with Crippen LogP contribution >= 0.6 is 12.2 Å². The molecule has 3 fully saturated rings. The van der Waals surface area contributed by atoms with Crippen LogP contribution in [0.1, 0.15) is 34.8 Å². The molecular formula is C31H34FN5O6S. The molecule has 1 aliphatic carbocycles. The number of rotatable bonds is 11. The van der Waals surface area contributed by atoms with Gasteiger partial charge in [-0.3, -0.25) is 14.6 Å². The summed E-state index contributed by atoms with van der Waals surface area (Å²) in [6, 6.07) is 10.9. The quantitative estimate of drug-likeness (QED) is 0.243. The Kier molecular flexibility index (Phi) is 8.52. The molecule has 2 saturated heterocycles. The highest BCUT2D eigenvalue weighted by molar-refractivity contribution is 7.78. The number of hydrogen-bond donors (Lipinski definition) is 2. The fourth-order valence-electron chi connectivity index (χ4n) is 6.00. The van der Waals surface area contributed by atoms with Gasteiger partial charge in [0.2, 0.25) is 5.43 Å². The number of ether oxygens (including phenoxy) is 2. The highest BCUT2D eigenvalue weighted by Crippen LogP contribution is 2.38. The lowest BCUT2D eigenvalue weighted by atomic mass is 10.1. The van der Waals surface area contributed by atoms with Gasteiger partial charge in [0.15, 0.2) is 12.3 Å². The van der Waals surface area contributed by atoms with Crippen LogP contribution in [-0.4, -0.2) is 90.8 Å². The number of cyclic esters (lactones) is 1. The highest BCUT2D eigenvalue weighted by Gasteiger charge is 2.37. The molecule has 13 heteroatoms. The minimum atomic E-state index is -1.30. The molecule has 2 aliphatic heterocycles. The average Bonchev–Trinajstić information content (AvgIpc) is 3.80. The van der Waals surface area contributed by atoms with Gasteiger partial charge in [-0.2, -0.15) is 0 Å². The molecule has 2 N–H and O–H groups in total. The molecule has 0 radical (unpaired) electrons. The number of carboxylic acid groups (broad SMARTS) is 1. The zero-order valence-electron chi connectivity index (χ0n) is 24.3. The largest absolute Gasteiger partial charge is 0.477 e. The van der Waals surface area contributed by atoms with E-state index in [4.69, 9.17) is 21.7 Å². The van der Waals surface area contributed by atoms with Crippen LogP contribution in [0.5, 0.6) is 0 Å². The van der Waals surface area contributed by atoms with Gasteiger partial charge in [0.05, 0.1) is 23.2 Å². The Morgan fingerprint density at radius 2 is 1.91 bits per heavy atom. The number of nitrogens with one attached hydrogen (secondary N) is 1. The molecule has 232 valence electrons. The van der Waals surface area contributed by atoms with E-state index in [0.717, 1.165) is 50.1 Å². The van der Waals surface area contributed by atoms with Crippen LogP contribution in [0.3, 0.4) is 0 Å². The molecule has 44 heavy (non-hydrogen) atoms. The van der Waals surface area contributed by atoms with Gasteiger partial charge in [-0.05, 0) is 49.1 Å². The van der Waals surface area contributed by atoms with E-state index in [9.17, 15) is 19.5 Å². The predicted octanol–water partition coefficient (Wildman–Crippen LogP) is 3.38. The molecule has 3 heterocycles. The van der Waals surface area contributed by atoms with Crippen molar-refractivity contribution in [1.82, 2.24) is 14.8 Å². The third kappa shape index (κ3) is 5.99. The first-order valence-electron chi connectivity index (χ1n) is 14.7. The van der Waals surface area contributed by atoms with Crippen LogP contribution in [0.4, 0.5) is 20.6 Å². The summed E-state index contributed by atoms with van der Waals surface area (Å²) in [7, 11) is 1.52. The van der Waals surface area contributed by atoms with Gasteiger partial charge < -0.3 is 29.4 Å². The Balaban J connectivity index is 1.06. The summed E-state index contributed by atoms with van der Waals surface area (Å²) in [5.41, 5.74) is 3.25. The van der Waals surface area contributed by atoms with Crippen molar-refractivity contribution >= 4 is 52.0 Å². The summed E-state index contributed by atoms with van der Waals surface area (Å²) in [6.07, 6.45) is 2.59. The third-order valence-corrected chi connectivity index (χ3v) is 8.74. The van der Waals surface area contributed by atoms with Crippen molar-refractivity contribution in [3.05, 3.63) is 69.8 Å². The van der Waals surface area contributed by atoms with E-state index in [1.165, 1.54) is 24.9 Å². The van der Waals surface area contributed by atoms with Gasteiger partial charge in [-0.1, -0.05) is 24.4 Å². The van der Waals surface area contributed by atoms with Crippen molar-refractivity contribution in [2.45, 2.75) is 37.6 Å². The summed E-state index contributed by atoms with van der Waals surface area (Å²) in [6.45, 7) is 3.93. The number of carbonyl (C=O) groups is 2. The summed E-state index contributed by atoms with van der Waals surface area (Å²) in [5, 5.41) is 12.5. The maximum Gasteiger partial charge on any atom is 0.414 e. The van der Waals surface area contributed by atoms with Crippen molar-refractivity contribution in [2.24, 2.45) is 0 Å². The Bertz CT molecular complexity index is 1640. The van der Waals surface area contributed by atoms with Crippen LogP contribution in [0.25, 0.3) is 10.9 Å². The van der Waals surface area contributed by atoms with Crippen LogP contribution in [0.2, 0.25) is 0 Å². The molecule has 0 spiro atoms. The summed E-state index contributed by atoms with van der Waals surface area (Å²) < 4.78 is 27.9. The minimum absolute atomic E-state index is 0.103. The number of methoxy groups -OCH3 is 1. The molecule has 11 nitrogen and oxygen atoms in total. The van der Waals surface area contributed by atoms with Crippen molar-refractivity contribution in [3.8, 4) is 0 Å². The summed E-state index contributed by atoms with van der Waals surface area (Å²) >= 11 is 4.83. The summed E-state index contributed by atoms with van der Waals surface area (Å²) in [4.78, 5) is 42.8. The maximum absolute atomic E-state index is 15.3. The molecule has 1 aromatic heterocycles. The Morgan fingerprint density at radius 3 is 2.55 bits per heavy atom. The van der Waals surface area contributed by atoms with Crippen molar-refractivity contribution < 1.29 is 28.6 Å². The van der Waals surface area contributed by atoms with Crippen molar-refractivity contribution in [2.75, 3.05) is 56.2 Å². The van der Waals surface area contributed by atoms with E-state index < -0.39 is 35.6 Å². The zero-order valence-corrected chi connectivity index (χ0v) is 25.1. The number of piperazine rings is 1. The second kappa shape index (κ2) is 12.5. The molecule has 1 unspecified atom stereocenters. The minimum Gasteiger partial charge on any atom is -0.477 e. The Hall–Kier alpha value is -4.07. The van der Waals surface area contributed by atoms with E-state index >= 15 is 4.39 Å². The number of benzene rings is 2. The monoisotopic (exact) mass is 623 g/mol. The molecule has 6 rings (SSSR count). The molecule has 0 bridgehead atoms. The number of anilines is 2. The topological polar surface area (TPSA) is 117 Å².